The molecule has 3 N–H and O–H groups in total. The van der Waals surface area contributed by atoms with E-state index in [0.717, 1.165) is 12.0 Å². The Balaban J connectivity index is 1.98. The van der Waals surface area contributed by atoms with E-state index in [2.05, 4.69) is 15.6 Å². The molecule has 0 spiro atoms. The molecule has 0 aliphatic carbocycles. The minimum absolute atomic E-state index is 0.0281. The van der Waals surface area contributed by atoms with Crippen LogP contribution in [0.5, 0.6) is 0 Å². The normalized spacial score (nSPS) is 14.7. The number of benzene rings is 1. The van der Waals surface area contributed by atoms with Gasteiger partial charge in [0.2, 0.25) is 5.89 Å². The Morgan fingerprint density at radius 3 is 2.71 bits per heavy atom. The molecule has 0 bridgehead atoms. The maximum Gasteiger partial charge on any atom is 0.315 e. The predicted molar refractivity (Wildman–Crippen MR) is 92.4 cm³/mol. The van der Waals surface area contributed by atoms with Crippen molar-refractivity contribution >= 4 is 6.03 Å². The highest BCUT2D eigenvalue weighted by Crippen LogP contribution is 2.22. The van der Waals surface area contributed by atoms with Crippen molar-refractivity contribution in [2.75, 3.05) is 6.61 Å². The molecule has 24 heavy (non-hydrogen) atoms. The van der Waals surface area contributed by atoms with E-state index >= 15 is 0 Å². The Hall–Kier alpha value is -2.34. The summed E-state index contributed by atoms with van der Waals surface area (Å²) in [6.45, 7) is 5.72. The van der Waals surface area contributed by atoms with E-state index in [4.69, 9.17) is 9.52 Å². The highest BCUT2D eigenvalue weighted by atomic mass is 16.4. The number of carbonyl (C=O) groups excluding carboxylic acids is 1. The molecular formula is C18H25N3O3. The van der Waals surface area contributed by atoms with Crippen LogP contribution in [-0.4, -0.2) is 28.3 Å². The third kappa shape index (κ3) is 4.58. The predicted octanol–water partition coefficient (Wildman–Crippen LogP) is 3.25. The number of aliphatic hydroxyl groups excluding tert-OH is 1. The lowest BCUT2D eigenvalue weighted by atomic mass is 9.95. The molecule has 2 rings (SSSR count). The van der Waals surface area contributed by atoms with Crippen LogP contribution in [0.2, 0.25) is 0 Å². The number of carbonyl (C=O) groups is 1. The first-order chi connectivity index (χ1) is 11.5. The topological polar surface area (TPSA) is 87.4 Å². The fraction of sp³-hybridized carbons (Fsp3) is 0.444. The van der Waals surface area contributed by atoms with Gasteiger partial charge in [0.1, 0.15) is 6.04 Å². The molecule has 130 valence electrons. The summed E-state index contributed by atoms with van der Waals surface area (Å²) in [4.78, 5) is 16.4. The molecule has 0 fully saturated rings. The summed E-state index contributed by atoms with van der Waals surface area (Å²) in [5.74, 6) is 1.11. The van der Waals surface area contributed by atoms with Crippen LogP contribution in [0, 0.1) is 0 Å². The molecule has 0 aliphatic rings. The Labute approximate surface area is 142 Å². The maximum atomic E-state index is 12.2. The first-order valence-electron chi connectivity index (χ1n) is 8.18. The summed E-state index contributed by atoms with van der Waals surface area (Å²) in [5.41, 5.74) is 0.499. The minimum Gasteiger partial charge on any atom is -0.438 e. The number of rotatable bonds is 7. The van der Waals surface area contributed by atoms with Crippen molar-refractivity contribution in [3.63, 3.8) is 0 Å². The maximum absolute atomic E-state index is 12.2. The van der Waals surface area contributed by atoms with Gasteiger partial charge in [-0.1, -0.05) is 37.3 Å². The summed E-state index contributed by atoms with van der Waals surface area (Å²) in [6.07, 6.45) is 2.89. The van der Waals surface area contributed by atoms with Gasteiger partial charge in [0.25, 0.3) is 0 Å². The second kappa shape index (κ2) is 7.97. The molecule has 0 saturated heterocycles. The van der Waals surface area contributed by atoms with Crippen LogP contribution < -0.4 is 10.6 Å². The second-order valence-electron chi connectivity index (χ2n) is 6.14. The third-order valence-electron chi connectivity index (χ3n) is 4.16. The summed E-state index contributed by atoms with van der Waals surface area (Å²) >= 11 is 0. The van der Waals surface area contributed by atoms with Gasteiger partial charge in [0, 0.05) is 17.7 Å². The lowest BCUT2D eigenvalue weighted by Gasteiger charge is -2.29. The lowest BCUT2D eigenvalue weighted by molar-refractivity contribution is 0.198. The molecular weight excluding hydrogens is 306 g/mol. The van der Waals surface area contributed by atoms with Crippen molar-refractivity contribution in [1.29, 1.82) is 0 Å². The highest BCUT2D eigenvalue weighted by molar-refractivity contribution is 5.75. The van der Waals surface area contributed by atoms with Crippen LogP contribution in [0.1, 0.15) is 45.5 Å². The molecule has 2 unspecified atom stereocenters. The Bertz CT molecular complexity index is 657. The summed E-state index contributed by atoms with van der Waals surface area (Å²) in [5, 5.41) is 14.8. The summed E-state index contributed by atoms with van der Waals surface area (Å²) in [6, 6.07) is 9.01. The average Bonchev–Trinajstić information content (AvgIpc) is 3.06. The zero-order chi connectivity index (χ0) is 17.6. The van der Waals surface area contributed by atoms with Gasteiger partial charge in [-0.2, -0.15) is 0 Å². The number of oxazole rings is 1. The van der Waals surface area contributed by atoms with E-state index < -0.39 is 5.54 Å². The van der Waals surface area contributed by atoms with E-state index in [1.807, 2.05) is 51.1 Å². The molecule has 6 nitrogen and oxygen atoms in total. The van der Waals surface area contributed by atoms with Gasteiger partial charge in [-0.05, 0) is 26.7 Å². The highest BCUT2D eigenvalue weighted by Gasteiger charge is 2.25. The van der Waals surface area contributed by atoms with Gasteiger partial charge in [-0.25, -0.2) is 9.78 Å². The number of nitrogens with one attached hydrogen (secondary N) is 2. The van der Waals surface area contributed by atoms with Crippen LogP contribution in [0.25, 0.3) is 11.3 Å². The zero-order valence-electron chi connectivity index (χ0n) is 14.4. The molecule has 2 atom stereocenters. The molecule has 1 aromatic heterocycles. The molecule has 6 heteroatoms. The fourth-order valence-electron chi connectivity index (χ4n) is 2.37. The van der Waals surface area contributed by atoms with Crippen LogP contribution in [-0.2, 0) is 0 Å². The van der Waals surface area contributed by atoms with Crippen LogP contribution in [0.15, 0.2) is 40.9 Å². The van der Waals surface area contributed by atoms with Crippen LogP contribution >= 0.6 is 0 Å². The quantitative estimate of drug-likeness (QED) is 0.727. The van der Waals surface area contributed by atoms with Crippen LogP contribution in [0.4, 0.5) is 4.79 Å². The first-order valence-corrected chi connectivity index (χ1v) is 8.18. The number of nitrogens with zero attached hydrogens (tertiary/aromatic N) is 1. The van der Waals surface area contributed by atoms with Gasteiger partial charge in [-0.15, -0.1) is 0 Å². The lowest BCUT2D eigenvalue weighted by Crippen LogP contribution is -2.50. The van der Waals surface area contributed by atoms with E-state index in [1.54, 1.807) is 6.20 Å². The molecule has 2 aromatic rings. The molecule has 1 aromatic carbocycles. The van der Waals surface area contributed by atoms with Gasteiger partial charge < -0.3 is 20.2 Å². The number of urea groups is 1. The standard InChI is InChI=1S/C18H25N3O3/c1-4-18(3,10-11-22)21-17(23)20-13(2)16-19-12-15(24-16)14-8-6-5-7-9-14/h5-9,12-13,22H,4,10-11H2,1-3H3,(H2,20,21,23). The van der Waals surface area contributed by atoms with Crippen molar-refractivity contribution < 1.29 is 14.3 Å². The first kappa shape index (κ1) is 18.0. The summed E-state index contributed by atoms with van der Waals surface area (Å²) in [7, 11) is 0. The van der Waals surface area contributed by atoms with Crippen molar-refractivity contribution in [2.45, 2.75) is 45.2 Å². The number of hydrogen-bond acceptors (Lipinski definition) is 4. The van der Waals surface area contributed by atoms with Crippen molar-refractivity contribution in [1.82, 2.24) is 15.6 Å². The number of aromatic nitrogens is 1. The van der Waals surface area contributed by atoms with E-state index in [9.17, 15) is 4.79 Å². The van der Waals surface area contributed by atoms with Gasteiger partial charge in [-0.3, -0.25) is 0 Å². The molecule has 1 heterocycles. The Kier molecular flexibility index (Phi) is 5.98. The van der Waals surface area contributed by atoms with Crippen LogP contribution in [0.3, 0.4) is 0 Å². The SMILES string of the molecule is CCC(C)(CCO)NC(=O)NC(C)c1ncc(-c2ccccc2)o1. The molecule has 2 amide bonds. The number of hydrogen-bond donors (Lipinski definition) is 3. The molecule has 0 saturated carbocycles. The molecule has 0 aliphatic heterocycles. The smallest absolute Gasteiger partial charge is 0.315 e. The Morgan fingerprint density at radius 2 is 2.08 bits per heavy atom. The van der Waals surface area contributed by atoms with E-state index in [1.165, 1.54) is 0 Å². The van der Waals surface area contributed by atoms with Crippen molar-refractivity contribution in [3.05, 3.63) is 42.4 Å². The molecule has 0 radical (unpaired) electrons. The summed E-state index contributed by atoms with van der Waals surface area (Å²) < 4.78 is 5.74. The largest absolute Gasteiger partial charge is 0.438 e. The minimum atomic E-state index is -0.440. The van der Waals surface area contributed by atoms with E-state index in [0.29, 0.717) is 18.1 Å². The number of amides is 2. The van der Waals surface area contributed by atoms with Crippen molar-refractivity contribution in [3.8, 4) is 11.3 Å². The Morgan fingerprint density at radius 1 is 1.38 bits per heavy atom. The monoisotopic (exact) mass is 331 g/mol. The average molecular weight is 331 g/mol. The third-order valence-corrected chi connectivity index (χ3v) is 4.16. The number of aliphatic hydroxyl groups is 1. The van der Waals surface area contributed by atoms with Crippen molar-refractivity contribution in [2.24, 2.45) is 0 Å². The van der Waals surface area contributed by atoms with Gasteiger partial charge in [0.15, 0.2) is 5.76 Å². The van der Waals surface area contributed by atoms with Gasteiger partial charge >= 0.3 is 6.03 Å². The zero-order valence-corrected chi connectivity index (χ0v) is 14.4. The van der Waals surface area contributed by atoms with Gasteiger partial charge in [0.05, 0.1) is 6.20 Å². The fourth-order valence-corrected chi connectivity index (χ4v) is 2.37. The second-order valence-corrected chi connectivity index (χ2v) is 6.14. The van der Waals surface area contributed by atoms with E-state index in [-0.39, 0.29) is 18.7 Å².